The van der Waals surface area contributed by atoms with Crippen molar-refractivity contribution in [3.05, 3.63) is 58.8 Å². The van der Waals surface area contributed by atoms with Crippen molar-refractivity contribution in [2.75, 3.05) is 19.6 Å². The van der Waals surface area contributed by atoms with E-state index in [1.165, 1.54) is 5.56 Å². The molecule has 0 atom stereocenters. The number of amidine groups is 1. The summed E-state index contributed by atoms with van der Waals surface area (Å²) >= 11 is 0. The highest BCUT2D eigenvalue weighted by Crippen LogP contribution is 2.46. The van der Waals surface area contributed by atoms with E-state index in [-0.39, 0.29) is 11.8 Å². The van der Waals surface area contributed by atoms with Crippen molar-refractivity contribution < 1.29 is 14.0 Å². The van der Waals surface area contributed by atoms with Gasteiger partial charge in [0.2, 0.25) is 5.91 Å². The van der Waals surface area contributed by atoms with E-state index in [1.807, 2.05) is 22.8 Å². The molecule has 0 radical (unpaired) electrons. The number of aliphatic imine (C=N–C) groups is 1. The Labute approximate surface area is 199 Å². The van der Waals surface area contributed by atoms with E-state index in [0.717, 1.165) is 57.7 Å². The normalized spacial score (nSPS) is 19.2. The fraction of sp³-hybridized carbons (Fsp3) is 0.393. The van der Waals surface area contributed by atoms with Crippen LogP contribution in [0.5, 0.6) is 0 Å². The molecule has 0 unspecified atom stereocenters. The van der Waals surface area contributed by atoms with Gasteiger partial charge >= 0.3 is 0 Å². The van der Waals surface area contributed by atoms with Crippen LogP contribution in [0.3, 0.4) is 0 Å². The quantitative estimate of drug-likeness (QED) is 0.576. The van der Waals surface area contributed by atoms with E-state index in [2.05, 4.69) is 44.2 Å². The summed E-state index contributed by atoms with van der Waals surface area (Å²) in [6.07, 6.45) is 1.66. The Morgan fingerprint density at radius 1 is 1.09 bits per heavy atom. The minimum atomic E-state index is -0.534. The minimum absolute atomic E-state index is 0.0988. The number of amides is 2. The molecular formula is C28H29N3O3. The molecule has 6 rings (SSSR count). The van der Waals surface area contributed by atoms with Gasteiger partial charge in [-0.25, -0.2) is 0 Å². The summed E-state index contributed by atoms with van der Waals surface area (Å²) in [5.74, 6) is 2.27. The second kappa shape index (κ2) is 7.29. The van der Waals surface area contributed by atoms with Crippen molar-refractivity contribution >= 4 is 28.6 Å². The number of hydrogen-bond donors (Lipinski definition) is 0. The summed E-state index contributed by atoms with van der Waals surface area (Å²) in [4.78, 5) is 33.4. The monoisotopic (exact) mass is 455 g/mol. The Morgan fingerprint density at radius 2 is 1.82 bits per heavy atom. The van der Waals surface area contributed by atoms with Gasteiger partial charge in [-0.3, -0.25) is 19.5 Å². The molecule has 34 heavy (non-hydrogen) atoms. The summed E-state index contributed by atoms with van der Waals surface area (Å²) < 4.78 is 5.84. The highest BCUT2D eigenvalue weighted by molar-refractivity contribution is 6.16. The van der Waals surface area contributed by atoms with E-state index >= 15 is 0 Å². The number of aryl methyl sites for hydroxylation is 3. The number of carbonyl (C=O) groups excluding carboxylic acids is 2. The first-order valence-corrected chi connectivity index (χ1v) is 12.0. The van der Waals surface area contributed by atoms with Crippen molar-refractivity contribution in [2.45, 2.75) is 46.1 Å². The highest BCUT2D eigenvalue weighted by atomic mass is 16.3. The maximum atomic E-state index is 13.2. The minimum Gasteiger partial charge on any atom is -0.461 e. The van der Waals surface area contributed by atoms with E-state index < -0.39 is 5.54 Å². The molecule has 2 amide bonds. The predicted molar refractivity (Wildman–Crippen MR) is 132 cm³/mol. The molecule has 6 heteroatoms. The maximum Gasteiger partial charge on any atom is 0.256 e. The average molecular weight is 456 g/mol. The number of hydrogen-bond acceptors (Lipinski definition) is 4. The molecule has 1 aliphatic carbocycles. The van der Waals surface area contributed by atoms with Gasteiger partial charge < -0.3 is 9.32 Å². The zero-order valence-electron chi connectivity index (χ0n) is 20.1. The topological polar surface area (TPSA) is 66.1 Å². The lowest BCUT2D eigenvalue weighted by Crippen LogP contribution is -2.54. The number of rotatable bonds is 4. The van der Waals surface area contributed by atoms with Crippen LogP contribution in [0.25, 0.3) is 22.1 Å². The van der Waals surface area contributed by atoms with E-state index in [9.17, 15) is 9.59 Å². The molecular weight excluding hydrogens is 426 g/mol. The molecule has 0 bridgehead atoms. The number of furan rings is 1. The Morgan fingerprint density at radius 3 is 2.50 bits per heavy atom. The number of nitrogens with zero attached hydrogens (tertiary/aromatic N) is 3. The summed E-state index contributed by atoms with van der Waals surface area (Å²) in [5.41, 5.74) is 6.00. The Bertz CT molecular complexity index is 1390. The third-order valence-corrected chi connectivity index (χ3v) is 7.76. The first-order valence-electron chi connectivity index (χ1n) is 12.0. The molecule has 0 N–H and O–H groups in total. The number of benzene rings is 2. The second-order valence-electron chi connectivity index (χ2n) is 10.2. The van der Waals surface area contributed by atoms with Crippen LogP contribution in [0, 0.1) is 26.7 Å². The molecule has 174 valence electrons. The average Bonchev–Trinajstić information content (AvgIpc) is 3.44. The molecule has 1 aromatic heterocycles. The first-order chi connectivity index (χ1) is 16.3. The van der Waals surface area contributed by atoms with Gasteiger partial charge in [0.15, 0.2) is 0 Å². The second-order valence-corrected chi connectivity index (χ2v) is 10.2. The van der Waals surface area contributed by atoms with Crippen molar-refractivity contribution in [1.82, 2.24) is 9.80 Å². The van der Waals surface area contributed by atoms with Crippen molar-refractivity contribution in [1.29, 1.82) is 0 Å². The van der Waals surface area contributed by atoms with Crippen LogP contribution in [0.1, 0.15) is 42.2 Å². The van der Waals surface area contributed by atoms with Crippen LogP contribution < -0.4 is 0 Å². The van der Waals surface area contributed by atoms with Gasteiger partial charge in [-0.2, -0.15) is 0 Å². The van der Waals surface area contributed by atoms with Crippen LogP contribution >= 0.6 is 0 Å². The third kappa shape index (κ3) is 3.19. The molecule has 2 fully saturated rings. The number of fused-ring (bicyclic) bond motifs is 1. The highest BCUT2D eigenvalue weighted by Gasteiger charge is 2.57. The number of carbonyl (C=O) groups is 2. The van der Waals surface area contributed by atoms with Gasteiger partial charge in [0.25, 0.3) is 5.91 Å². The molecule has 1 saturated carbocycles. The fourth-order valence-corrected chi connectivity index (χ4v) is 5.33. The van der Waals surface area contributed by atoms with Gasteiger partial charge in [-0.1, -0.05) is 18.2 Å². The first kappa shape index (κ1) is 21.1. The van der Waals surface area contributed by atoms with Crippen LogP contribution in [0.15, 0.2) is 45.8 Å². The standard InChI is InChI=1S/C28H29N3O3/c1-16-11-22(5-7-23(16)21-6-8-25-24(12-21)17(2)18(3)34-25)26-29-28(9-10-28)27(33)31(26)15-20-13-30(14-20)19(4)32/h5-8,11-12,20H,9-10,13-15H2,1-4H3. The van der Waals surface area contributed by atoms with Gasteiger partial charge in [0.05, 0.1) is 0 Å². The third-order valence-electron chi connectivity index (χ3n) is 7.76. The predicted octanol–water partition coefficient (Wildman–Crippen LogP) is 4.62. The Balaban J connectivity index is 1.30. The van der Waals surface area contributed by atoms with E-state index in [1.54, 1.807) is 6.92 Å². The van der Waals surface area contributed by atoms with E-state index in [4.69, 9.17) is 9.41 Å². The van der Waals surface area contributed by atoms with Crippen LogP contribution in [-0.2, 0) is 9.59 Å². The molecule has 2 aliphatic heterocycles. The summed E-state index contributed by atoms with van der Waals surface area (Å²) in [5, 5.41) is 1.14. The number of likely N-dealkylation sites (tertiary alicyclic amines) is 1. The van der Waals surface area contributed by atoms with Crippen molar-refractivity contribution in [3.63, 3.8) is 0 Å². The van der Waals surface area contributed by atoms with Crippen molar-refractivity contribution in [3.8, 4) is 11.1 Å². The van der Waals surface area contributed by atoms with Crippen LogP contribution in [0.2, 0.25) is 0 Å². The maximum absolute atomic E-state index is 13.2. The molecule has 1 spiro atoms. The molecule has 3 aromatic rings. The zero-order chi connectivity index (χ0) is 23.8. The van der Waals surface area contributed by atoms with Gasteiger partial charge in [-0.05, 0) is 74.1 Å². The molecule has 3 aliphatic rings. The molecule has 1 saturated heterocycles. The zero-order valence-corrected chi connectivity index (χ0v) is 20.1. The van der Waals surface area contributed by atoms with Crippen LogP contribution in [-0.4, -0.2) is 52.6 Å². The molecule has 6 nitrogen and oxygen atoms in total. The lowest BCUT2D eigenvalue weighted by molar-refractivity contribution is -0.136. The Hall–Kier alpha value is -3.41. The lowest BCUT2D eigenvalue weighted by Gasteiger charge is -2.40. The van der Waals surface area contributed by atoms with E-state index in [0.29, 0.717) is 25.6 Å². The van der Waals surface area contributed by atoms with Crippen LogP contribution in [0.4, 0.5) is 0 Å². The smallest absolute Gasteiger partial charge is 0.256 e. The SMILES string of the molecule is CC(=O)N1CC(CN2C(=O)C3(CC3)N=C2c2ccc(-c3ccc4oc(C)c(C)c4c3)c(C)c2)C1. The van der Waals surface area contributed by atoms with Gasteiger partial charge in [0, 0.05) is 43.4 Å². The summed E-state index contributed by atoms with van der Waals surface area (Å²) in [7, 11) is 0. The summed E-state index contributed by atoms with van der Waals surface area (Å²) in [6.45, 7) is 9.86. The summed E-state index contributed by atoms with van der Waals surface area (Å²) in [6, 6.07) is 12.7. The van der Waals surface area contributed by atoms with Gasteiger partial charge in [0.1, 0.15) is 22.7 Å². The molecule has 2 aromatic carbocycles. The Kier molecular flexibility index (Phi) is 4.54. The van der Waals surface area contributed by atoms with Gasteiger partial charge in [-0.15, -0.1) is 0 Å². The molecule has 3 heterocycles. The van der Waals surface area contributed by atoms with Crippen molar-refractivity contribution in [2.24, 2.45) is 10.9 Å². The largest absolute Gasteiger partial charge is 0.461 e. The fourth-order valence-electron chi connectivity index (χ4n) is 5.33. The lowest BCUT2D eigenvalue weighted by atomic mass is 9.96.